The molecule has 0 spiro atoms. The highest BCUT2D eigenvalue weighted by atomic mass is 16.4. The molecule has 0 radical (unpaired) electrons. The fourth-order valence-corrected chi connectivity index (χ4v) is 5.18. The van der Waals surface area contributed by atoms with Crippen LogP contribution in [0.2, 0.25) is 0 Å². The van der Waals surface area contributed by atoms with Crippen molar-refractivity contribution in [2.75, 3.05) is 38.5 Å². The van der Waals surface area contributed by atoms with Gasteiger partial charge in [-0.2, -0.15) is 0 Å². The van der Waals surface area contributed by atoms with Crippen molar-refractivity contribution in [1.82, 2.24) is 19.8 Å². The third-order valence-electron chi connectivity index (χ3n) is 7.43. The molecule has 4 rings (SSSR count). The van der Waals surface area contributed by atoms with Crippen molar-refractivity contribution in [1.29, 1.82) is 5.41 Å². The van der Waals surface area contributed by atoms with Crippen LogP contribution in [0.5, 0.6) is 0 Å². The van der Waals surface area contributed by atoms with E-state index in [1.807, 2.05) is 42.2 Å². The van der Waals surface area contributed by atoms with Crippen LogP contribution in [0.25, 0.3) is 11.0 Å². The Labute approximate surface area is 233 Å². The molecule has 0 saturated carbocycles. The summed E-state index contributed by atoms with van der Waals surface area (Å²) in [6, 6.07) is 13.2. The highest BCUT2D eigenvalue weighted by Crippen LogP contribution is 2.32. The number of amides is 2. The number of carbonyl (C=O) groups excluding carboxylic acids is 2. The number of carboxylic acid groups (broad SMARTS) is 1. The molecule has 40 heavy (non-hydrogen) atoms. The summed E-state index contributed by atoms with van der Waals surface area (Å²) in [6.07, 6.45) is 2.23. The number of nitrogen functional groups attached to an aromatic ring is 1. The van der Waals surface area contributed by atoms with Crippen molar-refractivity contribution in [2.24, 2.45) is 5.73 Å². The van der Waals surface area contributed by atoms with Gasteiger partial charge in [-0.3, -0.25) is 19.8 Å². The van der Waals surface area contributed by atoms with Crippen molar-refractivity contribution in [3.63, 3.8) is 0 Å². The number of fused-ring (bicyclic) bond motifs is 1. The number of likely N-dealkylation sites (tertiary alicyclic amines) is 1. The van der Waals surface area contributed by atoms with Crippen LogP contribution in [0.1, 0.15) is 49.6 Å². The summed E-state index contributed by atoms with van der Waals surface area (Å²) in [4.78, 5) is 48.2. The molecule has 212 valence electrons. The minimum atomic E-state index is -1.18. The second-order valence-electron chi connectivity index (χ2n) is 10.7. The van der Waals surface area contributed by atoms with Gasteiger partial charge in [0, 0.05) is 62.7 Å². The van der Waals surface area contributed by atoms with Gasteiger partial charge in [-0.25, -0.2) is 4.98 Å². The number of H-pyrrole nitrogens is 1. The number of benzene rings is 2. The smallest absolute Gasteiger partial charge is 0.312 e. The lowest BCUT2D eigenvalue weighted by molar-refractivity contribution is -0.144. The van der Waals surface area contributed by atoms with E-state index in [4.69, 9.17) is 21.2 Å². The fraction of sp³-hybridized carbons (Fsp3) is 0.414. The Morgan fingerprint density at radius 2 is 1.88 bits per heavy atom. The average Bonchev–Trinajstić information content (AvgIpc) is 3.58. The third-order valence-corrected chi connectivity index (χ3v) is 7.43. The molecule has 1 saturated heterocycles. The Morgan fingerprint density at radius 1 is 1.18 bits per heavy atom. The highest BCUT2D eigenvalue weighted by Gasteiger charge is 2.35. The first-order chi connectivity index (χ1) is 19.0. The Balaban J connectivity index is 1.50. The van der Waals surface area contributed by atoms with Gasteiger partial charge in [0.15, 0.2) is 0 Å². The standard InChI is InChI=1S/C29H37N7O4/c1-29(17-26(38)36-13-3-4-14-36,18-35(2)25(37)16-27(39)40)20-7-10-22-23(15-20)34-24(33-22)11-12-32-21-8-5-19(6-9-21)28(30)31/h5-10,15,32H,3-4,11-14,16-18H2,1-2H3,(H3,30,31)(H,33,34)(H,39,40). The summed E-state index contributed by atoms with van der Waals surface area (Å²) in [5, 5.41) is 19.9. The molecule has 1 fully saturated rings. The summed E-state index contributed by atoms with van der Waals surface area (Å²) in [7, 11) is 1.58. The maximum Gasteiger partial charge on any atom is 0.312 e. The third kappa shape index (κ3) is 6.96. The van der Waals surface area contributed by atoms with Crippen molar-refractivity contribution in [3.8, 4) is 0 Å². The molecule has 3 aromatic rings. The minimum Gasteiger partial charge on any atom is -0.481 e. The summed E-state index contributed by atoms with van der Waals surface area (Å²) in [5.41, 5.74) is 8.87. The number of anilines is 1. The molecule has 6 N–H and O–H groups in total. The SMILES string of the molecule is CN(CC(C)(CC(=O)N1CCCC1)c1ccc2[nH]c(CCNc3ccc(C(=N)N)cc3)nc2c1)C(=O)CC(=O)O. The van der Waals surface area contributed by atoms with Crippen molar-refractivity contribution in [2.45, 2.75) is 44.4 Å². The predicted octanol–water partition coefficient (Wildman–Crippen LogP) is 2.70. The average molecular weight is 548 g/mol. The molecule has 1 aliphatic heterocycles. The van der Waals surface area contributed by atoms with Crippen LogP contribution in [0.4, 0.5) is 5.69 Å². The van der Waals surface area contributed by atoms with Gasteiger partial charge in [0.1, 0.15) is 18.1 Å². The number of aromatic nitrogens is 2. The minimum absolute atomic E-state index is 0.0307. The van der Waals surface area contributed by atoms with Crippen LogP contribution in [-0.2, 0) is 26.2 Å². The molecule has 0 aliphatic carbocycles. The zero-order valence-corrected chi connectivity index (χ0v) is 23.0. The van der Waals surface area contributed by atoms with E-state index in [-0.39, 0.29) is 24.7 Å². The summed E-state index contributed by atoms with van der Waals surface area (Å²) in [6.45, 7) is 4.26. The van der Waals surface area contributed by atoms with Gasteiger partial charge in [-0.1, -0.05) is 13.0 Å². The number of likely N-dealkylation sites (N-methyl/N-ethyl adjacent to an activating group) is 1. The molecule has 0 bridgehead atoms. The molecular formula is C29H37N7O4. The number of hydrogen-bond acceptors (Lipinski definition) is 6. The van der Waals surface area contributed by atoms with E-state index in [9.17, 15) is 14.4 Å². The molecule has 11 nitrogen and oxygen atoms in total. The Morgan fingerprint density at radius 3 is 2.52 bits per heavy atom. The summed E-state index contributed by atoms with van der Waals surface area (Å²) < 4.78 is 0. The van der Waals surface area contributed by atoms with Crippen LogP contribution in [0, 0.1) is 5.41 Å². The first kappa shape index (κ1) is 28.6. The topological polar surface area (TPSA) is 168 Å². The molecule has 11 heteroatoms. The number of nitrogens with two attached hydrogens (primary N) is 1. The highest BCUT2D eigenvalue weighted by molar-refractivity contribution is 5.95. The zero-order chi connectivity index (χ0) is 28.9. The van der Waals surface area contributed by atoms with Crippen molar-refractivity contribution < 1.29 is 19.5 Å². The number of carbonyl (C=O) groups is 3. The normalized spacial score (nSPS) is 14.6. The molecule has 2 heterocycles. The van der Waals surface area contributed by atoms with Crippen LogP contribution >= 0.6 is 0 Å². The zero-order valence-electron chi connectivity index (χ0n) is 23.0. The first-order valence-corrected chi connectivity index (χ1v) is 13.4. The molecule has 2 aromatic carbocycles. The quantitative estimate of drug-likeness (QED) is 0.132. The fourth-order valence-electron chi connectivity index (χ4n) is 5.18. The van der Waals surface area contributed by atoms with E-state index in [2.05, 4.69) is 10.3 Å². The van der Waals surface area contributed by atoms with E-state index in [0.717, 1.165) is 54.0 Å². The number of aromatic amines is 1. The Bertz CT molecular complexity index is 1400. The molecule has 1 atom stereocenters. The van der Waals surface area contributed by atoms with Crippen LogP contribution in [0.15, 0.2) is 42.5 Å². The molecule has 2 amide bonds. The number of nitrogens with zero attached hydrogens (tertiary/aromatic N) is 3. The number of carboxylic acids is 1. The maximum absolute atomic E-state index is 13.2. The summed E-state index contributed by atoms with van der Waals surface area (Å²) >= 11 is 0. The lowest BCUT2D eigenvalue weighted by Crippen LogP contribution is -2.44. The number of hydrogen-bond donors (Lipinski definition) is 5. The van der Waals surface area contributed by atoms with Gasteiger partial charge in [0.05, 0.1) is 11.0 Å². The van der Waals surface area contributed by atoms with Crippen LogP contribution < -0.4 is 11.1 Å². The lowest BCUT2D eigenvalue weighted by Gasteiger charge is -2.35. The van der Waals surface area contributed by atoms with E-state index < -0.39 is 23.7 Å². The number of rotatable bonds is 12. The van der Waals surface area contributed by atoms with Crippen molar-refractivity contribution in [3.05, 3.63) is 59.4 Å². The number of amidine groups is 1. The first-order valence-electron chi connectivity index (χ1n) is 13.4. The Kier molecular flexibility index (Phi) is 8.71. The van der Waals surface area contributed by atoms with Crippen LogP contribution in [0.3, 0.4) is 0 Å². The van der Waals surface area contributed by atoms with E-state index in [1.54, 1.807) is 19.2 Å². The van der Waals surface area contributed by atoms with E-state index in [1.165, 1.54) is 4.90 Å². The van der Waals surface area contributed by atoms with Gasteiger partial charge in [-0.05, 0) is 54.8 Å². The summed E-state index contributed by atoms with van der Waals surface area (Å²) in [5.74, 6) is -0.810. The number of nitrogens with one attached hydrogen (secondary N) is 3. The van der Waals surface area contributed by atoms with Gasteiger partial charge < -0.3 is 30.9 Å². The second kappa shape index (κ2) is 12.2. The molecular weight excluding hydrogens is 510 g/mol. The molecule has 1 unspecified atom stereocenters. The van der Waals surface area contributed by atoms with Gasteiger partial charge in [-0.15, -0.1) is 0 Å². The largest absolute Gasteiger partial charge is 0.481 e. The maximum atomic E-state index is 13.2. The lowest BCUT2D eigenvalue weighted by atomic mass is 9.78. The van der Waals surface area contributed by atoms with Gasteiger partial charge in [0.2, 0.25) is 11.8 Å². The second-order valence-corrected chi connectivity index (χ2v) is 10.7. The predicted molar refractivity (Wildman–Crippen MR) is 153 cm³/mol. The van der Waals surface area contributed by atoms with Crippen molar-refractivity contribution >= 4 is 40.3 Å². The number of aliphatic carboxylic acids is 1. The van der Waals surface area contributed by atoms with Crippen LogP contribution in [-0.4, -0.2) is 81.7 Å². The van der Waals surface area contributed by atoms with Gasteiger partial charge in [0.25, 0.3) is 0 Å². The Hall–Kier alpha value is -4.41. The van der Waals surface area contributed by atoms with Gasteiger partial charge >= 0.3 is 5.97 Å². The van der Waals surface area contributed by atoms with E-state index >= 15 is 0 Å². The molecule has 1 aliphatic rings. The molecule has 1 aromatic heterocycles. The number of imidazole rings is 1. The monoisotopic (exact) mass is 547 g/mol. The van der Waals surface area contributed by atoms with E-state index in [0.29, 0.717) is 18.5 Å².